The molecule has 0 unspecified atom stereocenters. The first-order chi connectivity index (χ1) is 10.1. The van der Waals surface area contributed by atoms with Crippen LogP contribution in [0.15, 0.2) is 44.9 Å². The van der Waals surface area contributed by atoms with Gasteiger partial charge in [0, 0.05) is 17.7 Å². The second kappa shape index (κ2) is 5.37. The van der Waals surface area contributed by atoms with Crippen LogP contribution >= 0.6 is 11.3 Å². The lowest BCUT2D eigenvalue weighted by Crippen LogP contribution is -2.26. The Kier molecular flexibility index (Phi) is 3.41. The highest BCUT2D eigenvalue weighted by atomic mass is 32.1. The van der Waals surface area contributed by atoms with Crippen LogP contribution in [0, 0.1) is 0 Å². The zero-order valence-electron chi connectivity index (χ0n) is 11.0. The molecular formula is C14H11N3O3S. The van der Waals surface area contributed by atoms with Crippen molar-refractivity contribution in [3.05, 3.63) is 46.1 Å². The van der Waals surface area contributed by atoms with Crippen molar-refractivity contribution in [2.45, 2.75) is 6.92 Å². The number of hydrogen-bond donors (Lipinski definition) is 2. The molecule has 1 aromatic carbocycles. The molecule has 0 saturated heterocycles. The summed E-state index contributed by atoms with van der Waals surface area (Å²) in [5, 5.41) is 3.05. The molecule has 3 aromatic rings. The first-order valence-corrected chi connectivity index (χ1v) is 7.03. The summed E-state index contributed by atoms with van der Waals surface area (Å²) >= 11 is 1.28. The first kappa shape index (κ1) is 13.3. The predicted octanol–water partition coefficient (Wildman–Crippen LogP) is 2.38. The van der Waals surface area contributed by atoms with Crippen LogP contribution in [-0.4, -0.2) is 10.9 Å². The topological polar surface area (TPSA) is 84.2 Å². The summed E-state index contributed by atoms with van der Waals surface area (Å²) in [7, 11) is 0. The lowest BCUT2D eigenvalue weighted by atomic mass is 10.1. The van der Waals surface area contributed by atoms with E-state index in [9.17, 15) is 9.59 Å². The number of anilines is 1. The molecule has 21 heavy (non-hydrogen) atoms. The summed E-state index contributed by atoms with van der Waals surface area (Å²) in [5.41, 5.74) is 6.09. The van der Waals surface area contributed by atoms with Gasteiger partial charge in [-0.1, -0.05) is 18.2 Å². The summed E-state index contributed by atoms with van der Waals surface area (Å²) in [6, 6.07) is 9.04. The minimum absolute atomic E-state index is 0.225. The molecule has 0 fully saturated rings. The van der Waals surface area contributed by atoms with Crippen molar-refractivity contribution in [1.82, 2.24) is 10.4 Å². The number of carbonyl (C=O) groups is 1. The summed E-state index contributed by atoms with van der Waals surface area (Å²) < 4.78 is 5.27. The summed E-state index contributed by atoms with van der Waals surface area (Å²) in [5.74, 6) is -0.225. The van der Waals surface area contributed by atoms with Crippen molar-refractivity contribution >= 4 is 33.3 Å². The number of hydrogen-bond acceptors (Lipinski definition) is 6. The van der Waals surface area contributed by atoms with Crippen molar-refractivity contribution in [2.75, 3.05) is 5.43 Å². The molecule has 2 heterocycles. The molecule has 106 valence electrons. The van der Waals surface area contributed by atoms with E-state index in [4.69, 9.17) is 4.42 Å². The Labute approximate surface area is 123 Å². The zero-order chi connectivity index (χ0) is 14.8. The number of thiazole rings is 1. The molecule has 0 radical (unpaired) electrons. The Morgan fingerprint density at radius 3 is 2.95 bits per heavy atom. The molecule has 0 spiro atoms. The standard InChI is InChI=1S/C14H11N3O3S/c1-8(18)16-17-14-15-11(7-21-14)10-6-9-4-2-3-5-12(9)20-13(10)19/h2-7H,1H3,(H,15,17)(H,16,18). The quantitative estimate of drug-likeness (QED) is 0.573. The largest absolute Gasteiger partial charge is 0.422 e. The van der Waals surface area contributed by atoms with E-state index in [0.717, 1.165) is 5.39 Å². The number of nitrogens with zero attached hydrogens (tertiary/aromatic N) is 1. The molecule has 0 saturated carbocycles. The van der Waals surface area contributed by atoms with Gasteiger partial charge in [0.1, 0.15) is 5.58 Å². The highest BCUT2D eigenvalue weighted by molar-refractivity contribution is 7.14. The third-order valence-electron chi connectivity index (χ3n) is 2.77. The Hall–Kier alpha value is -2.67. The minimum Gasteiger partial charge on any atom is -0.422 e. The second-order valence-electron chi connectivity index (χ2n) is 4.33. The van der Waals surface area contributed by atoms with E-state index in [2.05, 4.69) is 15.8 Å². The number of fused-ring (bicyclic) bond motifs is 1. The maximum Gasteiger partial charge on any atom is 0.345 e. The number of nitrogens with one attached hydrogen (secondary N) is 2. The molecule has 0 aliphatic carbocycles. The van der Waals surface area contributed by atoms with E-state index >= 15 is 0 Å². The fourth-order valence-corrected chi connectivity index (χ4v) is 2.50. The van der Waals surface area contributed by atoms with Gasteiger partial charge in [0.15, 0.2) is 0 Å². The van der Waals surface area contributed by atoms with E-state index in [1.54, 1.807) is 17.5 Å². The average Bonchev–Trinajstić information content (AvgIpc) is 2.93. The van der Waals surface area contributed by atoms with Gasteiger partial charge in [-0.3, -0.25) is 15.6 Å². The van der Waals surface area contributed by atoms with Gasteiger partial charge >= 0.3 is 5.63 Å². The maximum atomic E-state index is 12.0. The van der Waals surface area contributed by atoms with Gasteiger partial charge in [-0.2, -0.15) is 0 Å². The zero-order valence-corrected chi connectivity index (χ0v) is 11.9. The summed E-state index contributed by atoms with van der Waals surface area (Å²) in [6.07, 6.45) is 0. The third kappa shape index (κ3) is 2.77. The van der Waals surface area contributed by atoms with Gasteiger partial charge < -0.3 is 4.42 Å². The van der Waals surface area contributed by atoms with Gasteiger partial charge in [-0.05, 0) is 12.1 Å². The van der Waals surface area contributed by atoms with Crippen molar-refractivity contribution in [2.24, 2.45) is 0 Å². The first-order valence-electron chi connectivity index (χ1n) is 6.15. The lowest BCUT2D eigenvalue weighted by molar-refractivity contribution is -0.118. The van der Waals surface area contributed by atoms with E-state index in [0.29, 0.717) is 22.0 Å². The summed E-state index contributed by atoms with van der Waals surface area (Å²) in [6.45, 7) is 1.39. The number of benzene rings is 1. The van der Waals surface area contributed by atoms with Crippen LogP contribution in [-0.2, 0) is 4.79 Å². The number of aromatic nitrogens is 1. The van der Waals surface area contributed by atoms with E-state index in [-0.39, 0.29) is 5.91 Å². The fourth-order valence-electron chi connectivity index (χ4n) is 1.84. The molecule has 1 amide bonds. The monoisotopic (exact) mass is 301 g/mol. The van der Waals surface area contributed by atoms with Crippen LogP contribution in [0.2, 0.25) is 0 Å². The van der Waals surface area contributed by atoms with Gasteiger partial charge in [0.2, 0.25) is 11.0 Å². The van der Waals surface area contributed by atoms with Crippen LogP contribution in [0.25, 0.3) is 22.2 Å². The van der Waals surface area contributed by atoms with Gasteiger partial charge in [0.05, 0.1) is 11.3 Å². The average molecular weight is 301 g/mol. The molecule has 3 rings (SSSR count). The Morgan fingerprint density at radius 1 is 1.33 bits per heavy atom. The van der Waals surface area contributed by atoms with Crippen molar-refractivity contribution < 1.29 is 9.21 Å². The van der Waals surface area contributed by atoms with Crippen molar-refractivity contribution in [1.29, 1.82) is 0 Å². The molecule has 0 aliphatic heterocycles. The molecular weight excluding hydrogens is 290 g/mol. The molecule has 6 nitrogen and oxygen atoms in total. The SMILES string of the molecule is CC(=O)NNc1nc(-c2cc3ccccc3oc2=O)cs1. The molecule has 7 heteroatoms. The Balaban J connectivity index is 1.98. The number of hydrazine groups is 1. The highest BCUT2D eigenvalue weighted by Crippen LogP contribution is 2.24. The molecule has 0 bridgehead atoms. The molecule has 2 aromatic heterocycles. The number of rotatable bonds is 3. The summed E-state index contributed by atoms with van der Waals surface area (Å²) in [4.78, 5) is 27.1. The van der Waals surface area contributed by atoms with Crippen molar-refractivity contribution in [3.63, 3.8) is 0 Å². The van der Waals surface area contributed by atoms with Crippen LogP contribution in [0.4, 0.5) is 5.13 Å². The second-order valence-corrected chi connectivity index (χ2v) is 5.19. The molecule has 2 N–H and O–H groups in total. The Bertz CT molecular complexity index is 869. The van der Waals surface area contributed by atoms with Crippen LogP contribution < -0.4 is 16.5 Å². The lowest BCUT2D eigenvalue weighted by Gasteiger charge is -2.01. The Morgan fingerprint density at radius 2 is 2.14 bits per heavy atom. The van der Waals surface area contributed by atoms with Crippen LogP contribution in [0.5, 0.6) is 0 Å². The van der Waals surface area contributed by atoms with Gasteiger partial charge in [0.25, 0.3) is 0 Å². The van der Waals surface area contributed by atoms with Crippen LogP contribution in [0.3, 0.4) is 0 Å². The number of para-hydroxylation sites is 1. The maximum absolute atomic E-state index is 12.0. The van der Waals surface area contributed by atoms with E-state index in [1.165, 1.54) is 18.3 Å². The van der Waals surface area contributed by atoms with Gasteiger partial charge in [-0.25, -0.2) is 9.78 Å². The highest BCUT2D eigenvalue weighted by Gasteiger charge is 2.11. The number of amides is 1. The van der Waals surface area contributed by atoms with Gasteiger partial charge in [-0.15, -0.1) is 11.3 Å². The van der Waals surface area contributed by atoms with E-state index in [1.807, 2.05) is 18.2 Å². The fraction of sp³-hybridized carbons (Fsp3) is 0.0714. The normalized spacial score (nSPS) is 10.5. The predicted molar refractivity (Wildman–Crippen MR) is 81.0 cm³/mol. The van der Waals surface area contributed by atoms with Crippen LogP contribution in [0.1, 0.15) is 6.92 Å². The molecule has 0 aliphatic rings. The minimum atomic E-state index is -0.440. The number of carbonyl (C=O) groups excluding carboxylic acids is 1. The third-order valence-corrected chi connectivity index (χ3v) is 3.52. The molecule has 0 atom stereocenters. The van der Waals surface area contributed by atoms with E-state index < -0.39 is 5.63 Å². The smallest absolute Gasteiger partial charge is 0.345 e. The van der Waals surface area contributed by atoms with Crippen molar-refractivity contribution in [3.8, 4) is 11.3 Å².